The third-order valence-corrected chi connectivity index (χ3v) is 6.01. The highest BCUT2D eigenvalue weighted by Crippen LogP contribution is 2.34. The molecule has 1 atom stereocenters. The van der Waals surface area contributed by atoms with Crippen molar-refractivity contribution in [3.8, 4) is 11.4 Å². The quantitative estimate of drug-likeness (QED) is 0.494. The molecule has 0 saturated carbocycles. The topological polar surface area (TPSA) is 51.9 Å². The highest BCUT2D eigenvalue weighted by Gasteiger charge is 2.34. The van der Waals surface area contributed by atoms with Crippen molar-refractivity contribution >= 4 is 11.9 Å². The normalized spacial score (nSPS) is 19.4. The Balaban J connectivity index is 1.50. The number of nitrogens with zero attached hydrogens (tertiary/aromatic N) is 4. The fourth-order valence-electron chi connectivity index (χ4n) is 4.36. The molecule has 1 saturated heterocycles. The zero-order chi connectivity index (χ0) is 24.7. The molecule has 3 aromatic rings. The fraction of sp³-hybridized carbons (Fsp3) is 0.280. The zero-order valence-corrected chi connectivity index (χ0v) is 18.7. The minimum atomic E-state index is -1.50. The number of piperidine rings is 1. The van der Waals surface area contributed by atoms with Crippen LogP contribution in [0.5, 0.6) is 5.75 Å². The SMILES string of the molecule is [3H]c1cc(-n2cnc(C)c2)c(OC)cc1/C=C1\CCCN2C1=NOC[C@@H]2c1cc(F)c(F)c(F)c1. The molecule has 2 aliphatic rings. The van der Waals surface area contributed by atoms with Gasteiger partial charge in [0.2, 0.25) is 0 Å². The highest BCUT2D eigenvalue weighted by atomic mass is 19.2. The van der Waals surface area contributed by atoms with Gasteiger partial charge in [-0.15, -0.1) is 0 Å². The molecular weight excluding hydrogens is 445 g/mol. The fourth-order valence-corrected chi connectivity index (χ4v) is 4.36. The second kappa shape index (κ2) is 8.89. The van der Waals surface area contributed by atoms with Gasteiger partial charge in [0.25, 0.3) is 0 Å². The van der Waals surface area contributed by atoms with E-state index in [4.69, 9.17) is 10.9 Å². The highest BCUT2D eigenvalue weighted by molar-refractivity contribution is 6.03. The van der Waals surface area contributed by atoms with Gasteiger partial charge < -0.3 is 19.0 Å². The molecule has 176 valence electrons. The summed E-state index contributed by atoms with van der Waals surface area (Å²) in [4.78, 5) is 11.6. The number of amidine groups is 1. The van der Waals surface area contributed by atoms with Crippen LogP contribution in [0.25, 0.3) is 11.8 Å². The van der Waals surface area contributed by atoms with Gasteiger partial charge in [-0.3, -0.25) is 0 Å². The Hall–Kier alpha value is -3.75. The Morgan fingerprint density at radius 3 is 2.74 bits per heavy atom. The molecule has 6 nitrogen and oxygen atoms in total. The van der Waals surface area contributed by atoms with Gasteiger partial charge in [0, 0.05) is 12.7 Å². The average Bonchev–Trinajstić information content (AvgIpc) is 3.29. The minimum absolute atomic E-state index is 0.0812. The molecular formula is C25H23F3N4O2. The predicted octanol–water partition coefficient (Wildman–Crippen LogP) is 5.17. The van der Waals surface area contributed by atoms with E-state index in [1.54, 1.807) is 30.1 Å². The standard InChI is InChI=1S/C25H23F3N4O2/c1-15-12-31(14-29-15)21-6-5-16(9-23(21)33-2)8-17-4-3-7-32-22(13-34-30-25(17)32)18-10-19(26)24(28)20(27)11-18/h5-6,8-12,14,22H,3-4,7,13H2,1-2H3/b17-8+/t22-/m1/s1/i5T. The average molecular weight is 470 g/mol. The third kappa shape index (κ3) is 4.02. The van der Waals surface area contributed by atoms with Crippen LogP contribution in [0.1, 0.15) is 37.1 Å². The molecule has 0 spiro atoms. The van der Waals surface area contributed by atoms with Crippen molar-refractivity contribution in [3.05, 3.63) is 82.7 Å². The third-order valence-electron chi connectivity index (χ3n) is 6.01. The van der Waals surface area contributed by atoms with Crippen LogP contribution in [0.3, 0.4) is 0 Å². The van der Waals surface area contributed by atoms with Gasteiger partial charge in [0.1, 0.15) is 12.4 Å². The van der Waals surface area contributed by atoms with Gasteiger partial charge in [-0.05, 0) is 66.8 Å². The van der Waals surface area contributed by atoms with Crippen molar-refractivity contribution in [1.29, 1.82) is 0 Å². The van der Waals surface area contributed by atoms with Crippen LogP contribution < -0.4 is 4.74 Å². The largest absolute Gasteiger partial charge is 0.495 e. The summed E-state index contributed by atoms with van der Waals surface area (Å²) in [7, 11) is 1.57. The Morgan fingerprint density at radius 2 is 2.03 bits per heavy atom. The maximum Gasteiger partial charge on any atom is 0.194 e. The number of aryl methyl sites for hydroxylation is 1. The van der Waals surface area contributed by atoms with E-state index in [9.17, 15) is 13.2 Å². The van der Waals surface area contributed by atoms with E-state index in [1.165, 1.54) is 0 Å². The first-order valence-electron chi connectivity index (χ1n) is 11.4. The molecule has 1 fully saturated rings. The van der Waals surface area contributed by atoms with Crippen molar-refractivity contribution in [1.82, 2.24) is 14.5 Å². The molecule has 0 aliphatic carbocycles. The first-order valence-corrected chi connectivity index (χ1v) is 10.9. The van der Waals surface area contributed by atoms with E-state index in [0.29, 0.717) is 35.8 Å². The summed E-state index contributed by atoms with van der Waals surface area (Å²) in [6.45, 7) is 2.56. The first-order chi connectivity index (χ1) is 16.9. The lowest BCUT2D eigenvalue weighted by molar-refractivity contribution is 0.0572. The monoisotopic (exact) mass is 470 g/mol. The number of hydrogen-bond donors (Lipinski definition) is 0. The number of methoxy groups -OCH3 is 1. The van der Waals surface area contributed by atoms with E-state index in [0.717, 1.165) is 29.8 Å². The van der Waals surface area contributed by atoms with Crippen LogP contribution in [0.15, 0.2) is 53.6 Å². The van der Waals surface area contributed by atoms with Gasteiger partial charge in [0.05, 0.1) is 32.2 Å². The second-order valence-electron chi connectivity index (χ2n) is 8.26. The van der Waals surface area contributed by atoms with Crippen LogP contribution in [0.4, 0.5) is 13.2 Å². The molecule has 0 bridgehead atoms. The Kier molecular flexibility index (Phi) is 5.44. The van der Waals surface area contributed by atoms with Gasteiger partial charge in [0.15, 0.2) is 23.3 Å². The first kappa shape index (κ1) is 20.8. The van der Waals surface area contributed by atoms with Gasteiger partial charge in [-0.25, -0.2) is 18.2 Å². The molecule has 34 heavy (non-hydrogen) atoms. The molecule has 5 rings (SSSR count). The second-order valence-corrected chi connectivity index (χ2v) is 8.26. The summed E-state index contributed by atoms with van der Waals surface area (Å²) in [5, 5.41) is 4.22. The number of imidazole rings is 1. The van der Waals surface area contributed by atoms with Crippen LogP contribution in [-0.2, 0) is 4.84 Å². The van der Waals surface area contributed by atoms with Crippen LogP contribution >= 0.6 is 0 Å². The summed E-state index contributed by atoms with van der Waals surface area (Å²) in [6.07, 6.45) is 6.82. The lowest BCUT2D eigenvalue weighted by Gasteiger charge is -2.40. The molecule has 2 aliphatic heterocycles. The Bertz CT molecular complexity index is 1330. The zero-order valence-electron chi connectivity index (χ0n) is 19.7. The number of aromatic nitrogens is 2. The van der Waals surface area contributed by atoms with Crippen molar-refractivity contribution in [2.24, 2.45) is 5.16 Å². The maximum atomic E-state index is 13.9. The summed E-state index contributed by atoms with van der Waals surface area (Å²) in [5.41, 5.74) is 3.27. The molecule has 9 heteroatoms. The van der Waals surface area contributed by atoms with E-state index in [1.807, 2.05) is 24.1 Å². The molecule has 3 heterocycles. The molecule has 0 N–H and O–H groups in total. The lowest BCUT2D eigenvalue weighted by Crippen LogP contribution is -2.44. The van der Waals surface area contributed by atoms with E-state index < -0.39 is 23.5 Å². The number of rotatable bonds is 4. The number of hydrogen-bond acceptors (Lipinski definition) is 5. The predicted molar refractivity (Wildman–Crippen MR) is 121 cm³/mol. The van der Waals surface area contributed by atoms with Gasteiger partial charge in [-0.2, -0.15) is 0 Å². The number of ether oxygens (including phenoxy) is 1. The smallest absolute Gasteiger partial charge is 0.194 e. The number of benzene rings is 2. The van der Waals surface area contributed by atoms with Crippen molar-refractivity contribution in [3.63, 3.8) is 0 Å². The van der Waals surface area contributed by atoms with E-state index >= 15 is 0 Å². The van der Waals surface area contributed by atoms with Crippen LogP contribution in [0, 0.1) is 24.4 Å². The number of fused-ring (bicyclic) bond motifs is 1. The molecule has 2 aromatic carbocycles. The number of oxime groups is 1. The van der Waals surface area contributed by atoms with Crippen molar-refractivity contribution in [2.75, 3.05) is 20.3 Å². The molecule has 0 amide bonds. The molecule has 1 aromatic heterocycles. The van der Waals surface area contributed by atoms with Gasteiger partial charge in [-0.1, -0.05) is 11.2 Å². The number of halogens is 3. The van der Waals surface area contributed by atoms with Gasteiger partial charge >= 0.3 is 0 Å². The Labute approximate surface area is 196 Å². The van der Waals surface area contributed by atoms with E-state index in [2.05, 4.69) is 10.1 Å². The lowest BCUT2D eigenvalue weighted by atomic mass is 9.96. The van der Waals surface area contributed by atoms with Crippen LogP contribution in [0.2, 0.25) is 0 Å². The molecule has 0 unspecified atom stereocenters. The van der Waals surface area contributed by atoms with E-state index in [-0.39, 0.29) is 18.2 Å². The molecule has 0 radical (unpaired) electrons. The summed E-state index contributed by atoms with van der Waals surface area (Å²) < 4.78 is 57.3. The Morgan fingerprint density at radius 1 is 1.24 bits per heavy atom. The van der Waals surface area contributed by atoms with Crippen molar-refractivity contribution in [2.45, 2.75) is 25.8 Å². The summed E-state index contributed by atoms with van der Waals surface area (Å²) in [6, 6.07) is 5.25. The maximum absolute atomic E-state index is 13.9. The van der Waals surface area contributed by atoms with Crippen molar-refractivity contribution < 1.29 is 24.1 Å². The summed E-state index contributed by atoms with van der Waals surface area (Å²) >= 11 is 0. The van der Waals surface area contributed by atoms with Crippen LogP contribution in [-0.4, -0.2) is 40.5 Å². The summed E-state index contributed by atoms with van der Waals surface area (Å²) in [5.74, 6) is -2.86. The minimum Gasteiger partial charge on any atom is -0.495 e.